The van der Waals surface area contributed by atoms with Gasteiger partial charge in [-0.2, -0.15) is 0 Å². The number of aliphatic hydroxyl groups is 1. The Morgan fingerprint density at radius 2 is 1.86 bits per heavy atom. The number of Topliss-reactive ketones (excluding diaryl/α,β-unsaturated/α-hetero) is 1. The Balaban J connectivity index is 1.53. The lowest BCUT2D eigenvalue weighted by Crippen LogP contribution is -2.31. The highest BCUT2D eigenvalue weighted by molar-refractivity contribution is 9.10. The van der Waals surface area contributed by atoms with E-state index in [9.17, 15) is 19.1 Å². The Hall–Kier alpha value is -2.93. The highest BCUT2D eigenvalue weighted by Gasteiger charge is 2.47. The standard InChI is InChI=1S/C25H18BrFN4O3S3/c1-12-22(36-13(2)28-12)20(32)18-19(15-8-4-5-9-16(15)26)31(23(34)21(18)33)24-29-30-25(37-24)35-11-14-7-3-6-10-17(14)27/h3-10,19,33H,11H2,1-2H3. The van der Waals surface area contributed by atoms with Gasteiger partial charge in [0.15, 0.2) is 10.1 Å². The molecule has 5 rings (SSSR count). The van der Waals surface area contributed by atoms with Crippen LogP contribution in [-0.2, 0) is 10.5 Å². The summed E-state index contributed by atoms with van der Waals surface area (Å²) in [6.45, 7) is 3.52. The molecular formula is C25H18BrFN4O3S3. The van der Waals surface area contributed by atoms with Gasteiger partial charge in [-0.3, -0.25) is 14.5 Å². The van der Waals surface area contributed by atoms with E-state index >= 15 is 0 Å². The zero-order chi connectivity index (χ0) is 26.3. The summed E-state index contributed by atoms with van der Waals surface area (Å²) in [5.74, 6) is -1.82. The van der Waals surface area contributed by atoms with Crippen LogP contribution >= 0.6 is 50.4 Å². The van der Waals surface area contributed by atoms with Gasteiger partial charge in [0.25, 0.3) is 5.91 Å². The Labute approximate surface area is 232 Å². The van der Waals surface area contributed by atoms with E-state index < -0.39 is 23.5 Å². The van der Waals surface area contributed by atoms with E-state index in [1.54, 1.807) is 50.2 Å². The number of aryl methyl sites for hydroxylation is 2. The molecule has 0 aliphatic carbocycles. The molecule has 0 spiro atoms. The molecule has 37 heavy (non-hydrogen) atoms. The van der Waals surface area contributed by atoms with Crippen LogP contribution < -0.4 is 4.90 Å². The lowest BCUT2D eigenvalue weighted by molar-refractivity contribution is -0.117. The second-order valence-corrected chi connectivity index (χ2v) is 12.3. The van der Waals surface area contributed by atoms with E-state index in [4.69, 9.17) is 0 Å². The maximum absolute atomic E-state index is 14.0. The molecule has 4 aromatic rings. The Kier molecular flexibility index (Phi) is 7.26. The quantitative estimate of drug-likeness (QED) is 0.142. The maximum Gasteiger partial charge on any atom is 0.296 e. The van der Waals surface area contributed by atoms with E-state index in [-0.39, 0.29) is 16.5 Å². The number of rotatable bonds is 7. The molecule has 0 saturated heterocycles. The third-order valence-corrected chi connectivity index (χ3v) is 9.57. The fraction of sp³-hybridized carbons (Fsp3) is 0.160. The average molecular weight is 618 g/mol. The van der Waals surface area contributed by atoms with Crippen LogP contribution in [0.5, 0.6) is 0 Å². The normalized spacial score (nSPS) is 15.6. The van der Waals surface area contributed by atoms with Crippen molar-refractivity contribution in [1.29, 1.82) is 0 Å². The Morgan fingerprint density at radius 1 is 1.14 bits per heavy atom. The fourth-order valence-electron chi connectivity index (χ4n) is 4.00. The molecule has 2 aromatic carbocycles. The number of benzene rings is 2. The number of anilines is 1. The third kappa shape index (κ3) is 4.86. The number of carbonyl (C=O) groups excluding carboxylic acids is 2. The SMILES string of the molecule is Cc1nc(C)c(C(=O)C2=C(O)C(=O)N(c3nnc(SCc4ccccc4F)s3)C2c2ccccc2Br)s1. The van der Waals surface area contributed by atoms with Crippen molar-refractivity contribution >= 4 is 67.2 Å². The summed E-state index contributed by atoms with van der Waals surface area (Å²) in [6, 6.07) is 12.7. The molecule has 3 heterocycles. The van der Waals surface area contributed by atoms with Gasteiger partial charge in [-0.25, -0.2) is 9.37 Å². The summed E-state index contributed by atoms with van der Waals surface area (Å²) in [6.07, 6.45) is 0. The molecule has 1 unspecified atom stereocenters. The zero-order valence-corrected chi connectivity index (χ0v) is 23.5. The number of carbonyl (C=O) groups is 2. The second kappa shape index (κ2) is 10.4. The number of nitrogens with zero attached hydrogens (tertiary/aromatic N) is 4. The number of halogens is 2. The molecule has 1 N–H and O–H groups in total. The van der Waals surface area contributed by atoms with Crippen LogP contribution in [0.4, 0.5) is 9.52 Å². The number of aromatic nitrogens is 3. The van der Waals surface area contributed by atoms with Crippen molar-refractivity contribution in [3.05, 3.63) is 96.9 Å². The molecule has 7 nitrogen and oxygen atoms in total. The zero-order valence-electron chi connectivity index (χ0n) is 19.4. The van der Waals surface area contributed by atoms with Crippen molar-refractivity contribution in [2.75, 3.05) is 4.90 Å². The predicted molar refractivity (Wildman–Crippen MR) is 146 cm³/mol. The van der Waals surface area contributed by atoms with Crippen LogP contribution in [0.1, 0.15) is 37.5 Å². The molecule has 0 fully saturated rings. The molecule has 0 bridgehead atoms. The average Bonchev–Trinajstić information content (AvgIpc) is 3.54. The van der Waals surface area contributed by atoms with Gasteiger partial charge in [-0.05, 0) is 37.1 Å². The first-order valence-electron chi connectivity index (χ1n) is 11.0. The summed E-state index contributed by atoms with van der Waals surface area (Å²) in [7, 11) is 0. The highest BCUT2D eigenvalue weighted by atomic mass is 79.9. The van der Waals surface area contributed by atoms with Crippen molar-refractivity contribution in [2.24, 2.45) is 0 Å². The van der Waals surface area contributed by atoms with Crippen LogP contribution in [0.25, 0.3) is 0 Å². The number of aliphatic hydroxyl groups excluding tert-OH is 1. The van der Waals surface area contributed by atoms with Gasteiger partial charge in [0.2, 0.25) is 10.9 Å². The summed E-state index contributed by atoms with van der Waals surface area (Å²) in [5, 5.41) is 20.3. The van der Waals surface area contributed by atoms with Crippen molar-refractivity contribution in [3.63, 3.8) is 0 Å². The van der Waals surface area contributed by atoms with Gasteiger partial charge < -0.3 is 5.11 Å². The first-order chi connectivity index (χ1) is 17.8. The van der Waals surface area contributed by atoms with Crippen LogP contribution in [0.3, 0.4) is 0 Å². The van der Waals surface area contributed by atoms with E-state index in [1.165, 1.54) is 34.1 Å². The van der Waals surface area contributed by atoms with Crippen LogP contribution in [0.2, 0.25) is 0 Å². The number of amides is 1. The largest absolute Gasteiger partial charge is 0.503 e. The minimum atomic E-state index is -0.935. The van der Waals surface area contributed by atoms with Gasteiger partial charge in [0.1, 0.15) is 5.82 Å². The molecule has 0 radical (unpaired) electrons. The molecule has 188 valence electrons. The molecule has 1 amide bonds. The number of hydrogen-bond acceptors (Lipinski definition) is 9. The number of thioether (sulfide) groups is 1. The minimum absolute atomic E-state index is 0.0422. The fourth-order valence-corrected chi connectivity index (χ4v) is 7.23. The summed E-state index contributed by atoms with van der Waals surface area (Å²) in [5.41, 5.74) is 1.62. The van der Waals surface area contributed by atoms with Crippen LogP contribution in [0.15, 0.2) is 68.7 Å². The monoisotopic (exact) mass is 616 g/mol. The lowest BCUT2D eigenvalue weighted by Gasteiger charge is -2.24. The summed E-state index contributed by atoms with van der Waals surface area (Å²) < 4.78 is 15.2. The number of ketones is 1. The highest BCUT2D eigenvalue weighted by Crippen LogP contribution is 2.46. The molecule has 2 aromatic heterocycles. The van der Waals surface area contributed by atoms with E-state index in [0.717, 1.165) is 11.3 Å². The molecule has 12 heteroatoms. The van der Waals surface area contributed by atoms with Gasteiger partial charge in [0.05, 0.1) is 27.2 Å². The van der Waals surface area contributed by atoms with Crippen molar-refractivity contribution in [1.82, 2.24) is 15.2 Å². The van der Waals surface area contributed by atoms with Crippen LogP contribution in [0, 0.1) is 19.7 Å². The molecule has 1 atom stereocenters. The molecule has 1 aliphatic rings. The molecule has 0 saturated carbocycles. The molecule has 1 aliphatic heterocycles. The maximum atomic E-state index is 14.0. The first kappa shape index (κ1) is 25.7. The van der Waals surface area contributed by atoms with Crippen molar-refractivity contribution in [2.45, 2.75) is 30.0 Å². The van der Waals surface area contributed by atoms with Crippen molar-refractivity contribution < 1.29 is 19.1 Å². The van der Waals surface area contributed by atoms with Crippen molar-refractivity contribution in [3.8, 4) is 0 Å². The smallest absolute Gasteiger partial charge is 0.296 e. The van der Waals surface area contributed by atoms with Gasteiger partial charge >= 0.3 is 0 Å². The van der Waals surface area contributed by atoms with Gasteiger partial charge in [0, 0.05) is 10.2 Å². The lowest BCUT2D eigenvalue weighted by atomic mass is 9.95. The van der Waals surface area contributed by atoms with E-state index in [1.807, 2.05) is 6.07 Å². The predicted octanol–water partition coefficient (Wildman–Crippen LogP) is 6.59. The summed E-state index contributed by atoms with van der Waals surface area (Å²) >= 11 is 7.16. The van der Waals surface area contributed by atoms with E-state index in [2.05, 4.69) is 31.1 Å². The topological polar surface area (TPSA) is 96.3 Å². The van der Waals surface area contributed by atoms with Crippen LogP contribution in [-0.4, -0.2) is 32.0 Å². The third-order valence-electron chi connectivity index (χ3n) is 5.67. The Bertz CT molecular complexity index is 1570. The second-order valence-electron chi connectivity index (χ2n) is 8.07. The Morgan fingerprint density at radius 3 is 2.57 bits per heavy atom. The van der Waals surface area contributed by atoms with Gasteiger partial charge in [-0.1, -0.05) is 75.4 Å². The molecular weight excluding hydrogens is 599 g/mol. The number of hydrogen-bond donors (Lipinski definition) is 1. The van der Waals surface area contributed by atoms with Gasteiger partial charge in [-0.15, -0.1) is 21.5 Å². The van der Waals surface area contributed by atoms with E-state index in [0.29, 0.717) is 41.3 Å². The summed E-state index contributed by atoms with van der Waals surface area (Å²) in [4.78, 5) is 33.1. The first-order valence-corrected chi connectivity index (χ1v) is 14.4. The number of thiazole rings is 1. The minimum Gasteiger partial charge on any atom is -0.503 e.